The second-order valence-corrected chi connectivity index (χ2v) is 5.33. The van der Waals surface area contributed by atoms with Crippen LogP contribution >= 0.6 is 11.6 Å². The molecule has 20 heavy (non-hydrogen) atoms. The van der Waals surface area contributed by atoms with Crippen LogP contribution in [0.1, 0.15) is 6.92 Å². The molecule has 0 spiro atoms. The molecule has 3 N–H and O–H groups in total. The monoisotopic (exact) mass is 299 g/mol. The highest BCUT2D eigenvalue weighted by molar-refractivity contribution is 6.32. The van der Waals surface area contributed by atoms with E-state index in [1.54, 1.807) is 25.1 Å². The van der Waals surface area contributed by atoms with E-state index in [9.17, 15) is 4.79 Å². The molecule has 1 aromatic rings. The molecule has 1 aromatic carbocycles. The Hall–Kier alpha value is -1.30. The molecule has 0 saturated heterocycles. The zero-order valence-electron chi connectivity index (χ0n) is 12.1. The van der Waals surface area contributed by atoms with Gasteiger partial charge in [-0.05, 0) is 32.3 Å². The molecule has 0 fully saturated rings. The van der Waals surface area contributed by atoms with Crippen molar-refractivity contribution >= 4 is 23.2 Å². The van der Waals surface area contributed by atoms with Gasteiger partial charge in [-0.25, -0.2) is 0 Å². The number of anilines is 1. The molecular weight excluding hydrogens is 278 g/mol. The molecule has 0 saturated carbocycles. The Morgan fingerprint density at radius 1 is 1.50 bits per heavy atom. The Labute approximate surface area is 125 Å². The number of likely N-dealkylation sites (N-methyl/N-ethyl adjacent to an activating group) is 1. The molecule has 0 aromatic heterocycles. The van der Waals surface area contributed by atoms with E-state index in [1.807, 2.05) is 19.0 Å². The van der Waals surface area contributed by atoms with E-state index in [0.29, 0.717) is 29.6 Å². The van der Waals surface area contributed by atoms with E-state index in [-0.39, 0.29) is 11.8 Å². The Kier molecular flexibility index (Phi) is 6.78. The van der Waals surface area contributed by atoms with Gasteiger partial charge in [-0.2, -0.15) is 0 Å². The first-order valence-corrected chi connectivity index (χ1v) is 6.90. The summed E-state index contributed by atoms with van der Waals surface area (Å²) in [6.45, 7) is 3.45. The number of nitrogens with two attached hydrogens (primary N) is 1. The normalized spacial score (nSPS) is 12.3. The van der Waals surface area contributed by atoms with Gasteiger partial charge in [0.05, 0.1) is 5.02 Å². The van der Waals surface area contributed by atoms with E-state index < -0.39 is 0 Å². The van der Waals surface area contributed by atoms with Crippen LogP contribution in [-0.2, 0) is 4.79 Å². The average molecular weight is 300 g/mol. The molecule has 0 bridgehead atoms. The van der Waals surface area contributed by atoms with Gasteiger partial charge in [-0.3, -0.25) is 4.79 Å². The van der Waals surface area contributed by atoms with Gasteiger partial charge in [0.2, 0.25) is 5.91 Å². The predicted molar refractivity (Wildman–Crippen MR) is 82.3 cm³/mol. The lowest BCUT2D eigenvalue weighted by molar-refractivity contribution is -0.119. The molecule has 1 amide bonds. The van der Waals surface area contributed by atoms with Gasteiger partial charge >= 0.3 is 0 Å². The average Bonchev–Trinajstić information content (AvgIpc) is 2.39. The Morgan fingerprint density at radius 3 is 2.75 bits per heavy atom. The summed E-state index contributed by atoms with van der Waals surface area (Å²) in [7, 11) is 3.95. The van der Waals surface area contributed by atoms with E-state index in [0.717, 1.165) is 6.54 Å². The number of nitrogens with one attached hydrogen (secondary N) is 1. The van der Waals surface area contributed by atoms with Gasteiger partial charge < -0.3 is 20.7 Å². The van der Waals surface area contributed by atoms with Crippen molar-refractivity contribution in [3.05, 3.63) is 23.2 Å². The maximum Gasteiger partial charge on any atom is 0.228 e. The summed E-state index contributed by atoms with van der Waals surface area (Å²) in [4.78, 5) is 13.7. The van der Waals surface area contributed by atoms with Crippen molar-refractivity contribution in [3.8, 4) is 5.75 Å². The summed E-state index contributed by atoms with van der Waals surface area (Å²) in [6.07, 6.45) is 0. The molecule has 1 rings (SSSR count). The van der Waals surface area contributed by atoms with Crippen LogP contribution in [0.25, 0.3) is 0 Å². The Balaban J connectivity index is 2.61. The van der Waals surface area contributed by atoms with Crippen molar-refractivity contribution < 1.29 is 9.53 Å². The minimum atomic E-state index is -0.232. The third kappa shape index (κ3) is 5.36. The van der Waals surface area contributed by atoms with Crippen LogP contribution in [0.4, 0.5) is 5.69 Å². The van der Waals surface area contributed by atoms with Gasteiger partial charge in [0.15, 0.2) is 0 Å². The molecule has 5 nitrogen and oxygen atoms in total. The van der Waals surface area contributed by atoms with Gasteiger partial charge in [0.25, 0.3) is 0 Å². The number of hydrogen-bond acceptors (Lipinski definition) is 4. The molecule has 0 aliphatic heterocycles. The van der Waals surface area contributed by atoms with Crippen LogP contribution in [0, 0.1) is 5.92 Å². The lowest BCUT2D eigenvalue weighted by Gasteiger charge is -2.14. The summed E-state index contributed by atoms with van der Waals surface area (Å²) in [5.41, 5.74) is 6.09. The largest absolute Gasteiger partial charge is 0.491 e. The number of benzene rings is 1. The summed E-state index contributed by atoms with van der Waals surface area (Å²) in [5.74, 6) is 0.257. The second-order valence-electron chi connectivity index (χ2n) is 4.92. The highest BCUT2D eigenvalue weighted by Crippen LogP contribution is 2.27. The zero-order valence-corrected chi connectivity index (χ0v) is 12.9. The van der Waals surface area contributed by atoms with Crippen LogP contribution in [0.2, 0.25) is 5.02 Å². The van der Waals surface area contributed by atoms with Gasteiger partial charge in [0.1, 0.15) is 12.4 Å². The van der Waals surface area contributed by atoms with Crippen molar-refractivity contribution in [2.75, 3.05) is 39.1 Å². The summed E-state index contributed by atoms with van der Waals surface area (Å²) in [5, 5.41) is 3.24. The fourth-order valence-electron chi connectivity index (χ4n) is 1.41. The first-order chi connectivity index (χ1) is 9.43. The third-order valence-electron chi connectivity index (χ3n) is 2.80. The molecule has 1 unspecified atom stereocenters. The van der Waals surface area contributed by atoms with Crippen LogP contribution in [0.3, 0.4) is 0 Å². The van der Waals surface area contributed by atoms with Gasteiger partial charge in [-0.1, -0.05) is 18.5 Å². The van der Waals surface area contributed by atoms with E-state index in [4.69, 9.17) is 22.1 Å². The lowest BCUT2D eigenvalue weighted by atomic mass is 10.1. The fourth-order valence-corrected chi connectivity index (χ4v) is 1.64. The van der Waals surface area contributed by atoms with Crippen molar-refractivity contribution in [2.45, 2.75) is 6.92 Å². The van der Waals surface area contributed by atoms with E-state index in [2.05, 4.69) is 5.32 Å². The number of nitrogens with zero attached hydrogens (tertiary/aromatic N) is 1. The van der Waals surface area contributed by atoms with Crippen molar-refractivity contribution in [1.82, 2.24) is 4.90 Å². The van der Waals surface area contributed by atoms with Gasteiger partial charge in [-0.15, -0.1) is 0 Å². The fraction of sp³-hybridized carbons (Fsp3) is 0.500. The minimum absolute atomic E-state index is 0.121. The number of carbonyl (C=O) groups excluding carboxylic acids is 1. The van der Waals surface area contributed by atoms with Gasteiger partial charge in [0, 0.05) is 24.7 Å². The standard InChI is InChI=1S/C14H22ClN3O2/c1-10(9-16)14(19)17-11-4-5-13(12(15)8-11)20-7-6-18(2)3/h4-5,8,10H,6-7,9,16H2,1-3H3,(H,17,19). The maximum atomic E-state index is 11.7. The Morgan fingerprint density at radius 2 is 2.20 bits per heavy atom. The molecular formula is C14H22ClN3O2. The van der Waals surface area contributed by atoms with Crippen LogP contribution in [0.5, 0.6) is 5.75 Å². The second kappa shape index (κ2) is 8.09. The highest BCUT2D eigenvalue weighted by atomic mass is 35.5. The smallest absolute Gasteiger partial charge is 0.228 e. The predicted octanol–water partition coefficient (Wildman–Crippen LogP) is 1.81. The molecule has 1 atom stereocenters. The molecule has 0 radical (unpaired) electrons. The first kappa shape index (κ1) is 16.8. The Bertz CT molecular complexity index is 452. The first-order valence-electron chi connectivity index (χ1n) is 6.52. The molecule has 0 heterocycles. The summed E-state index contributed by atoms with van der Waals surface area (Å²) < 4.78 is 5.57. The maximum absolute atomic E-state index is 11.7. The lowest BCUT2D eigenvalue weighted by Crippen LogP contribution is -2.26. The number of halogens is 1. The van der Waals surface area contributed by atoms with Crippen molar-refractivity contribution in [1.29, 1.82) is 0 Å². The molecule has 6 heteroatoms. The number of rotatable bonds is 7. The number of amides is 1. The summed E-state index contributed by atoms with van der Waals surface area (Å²) >= 11 is 6.13. The zero-order chi connectivity index (χ0) is 15.1. The third-order valence-corrected chi connectivity index (χ3v) is 3.09. The molecule has 0 aliphatic carbocycles. The number of ether oxygens (including phenoxy) is 1. The number of hydrogen-bond donors (Lipinski definition) is 2. The number of carbonyl (C=O) groups is 1. The van der Waals surface area contributed by atoms with Crippen LogP contribution < -0.4 is 15.8 Å². The quantitative estimate of drug-likeness (QED) is 0.806. The van der Waals surface area contributed by atoms with Crippen molar-refractivity contribution in [2.24, 2.45) is 11.7 Å². The van der Waals surface area contributed by atoms with E-state index in [1.165, 1.54) is 0 Å². The van der Waals surface area contributed by atoms with Crippen LogP contribution in [0.15, 0.2) is 18.2 Å². The highest BCUT2D eigenvalue weighted by Gasteiger charge is 2.12. The molecule has 0 aliphatic rings. The van der Waals surface area contributed by atoms with Crippen molar-refractivity contribution in [3.63, 3.8) is 0 Å². The SMILES string of the molecule is CC(CN)C(=O)Nc1ccc(OCCN(C)C)c(Cl)c1. The topological polar surface area (TPSA) is 67.6 Å². The molecule has 112 valence electrons. The minimum Gasteiger partial charge on any atom is -0.491 e. The van der Waals surface area contributed by atoms with E-state index >= 15 is 0 Å². The summed E-state index contributed by atoms with van der Waals surface area (Å²) in [6, 6.07) is 5.19. The van der Waals surface area contributed by atoms with Crippen LogP contribution in [-0.4, -0.2) is 44.6 Å².